The summed E-state index contributed by atoms with van der Waals surface area (Å²) in [5, 5.41) is 0. The summed E-state index contributed by atoms with van der Waals surface area (Å²) in [5.41, 5.74) is 0. The van der Waals surface area contributed by atoms with Crippen molar-refractivity contribution in [2.75, 3.05) is 32.3 Å². The van der Waals surface area contributed by atoms with Gasteiger partial charge < -0.3 is 18.1 Å². The van der Waals surface area contributed by atoms with E-state index in [1.807, 2.05) is 13.8 Å². The van der Waals surface area contributed by atoms with Gasteiger partial charge in [-0.1, -0.05) is 26.7 Å². The van der Waals surface area contributed by atoms with Gasteiger partial charge in [-0.15, -0.1) is 0 Å². The van der Waals surface area contributed by atoms with Crippen LogP contribution in [0.4, 0.5) is 0 Å². The van der Waals surface area contributed by atoms with Crippen LogP contribution in [0.25, 0.3) is 0 Å². The van der Waals surface area contributed by atoms with Crippen LogP contribution in [0, 0.1) is 0 Å². The number of hydrogen-bond acceptors (Lipinski definition) is 6. The highest BCUT2D eigenvalue weighted by molar-refractivity contribution is 7.71. The van der Waals surface area contributed by atoms with Gasteiger partial charge in [0.1, 0.15) is 0 Å². The lowest BCUT2D eigenvalue weighted by molar-refractivity contribution is 0.194. The molecular weight excluding hydrogens is 314 g/mol. The van der Waals surface area contributed by atoms with Crippen molar-refractivity contribution in [2.24, 2.45) is 0 Å². The summed E-state index contributed by atoms with van der Waals surface area (Å²) in [6, 6.07) is 0. The van der Waals surface area contributed by atoms with Crippen LogP contribution in [0.2, 0.25) is 0 Å². The highest BCUT2D eigenvalue weighted by atomic mass is 31.2. The Morgan fingerprint density at radius 1 is 0.667 bits per heavy atom. The molecule has 0 heterocycles. The van der Waals surface area contributed by atoms with E-state index >= 15 is 0 Å². The van der Waals surface area contributed by atoms with E-state index in [2.05, 4.69) is 0 Å². The lowest BCUT2D eigenvalue weighted by Gasteiger charge is -2.23. The molecule has 0 aliphatic rings. The number of rotatable bonds is 14. The third-order valence-electron chi connectivity index (χ3n) is 2.57. The van der Waals surface area contributed by atoms with Crippen LogP contribution in [0.15, 0.2) is 0 Å². The van der Waals surface area contributed by atoms with E-state index in [1.165, 1.54) is 0 Å². The molecule has 0 aliphatic carbocycles. The van der Waals surface area contributed by atoms with Crippen molar-refractivity contribution in [3.8, 4) is 0 Å². The van der Waals surface area contributed by atoms with Crippen LogP contribution in [0.5, 0.6) is 0 Å². The Hall–Kier alpha value is 0.300. The fraction of sp³-hybridized carbons (Fsp3) is 1.00. The van der Waals surface area contributed by atoms with Gasteiger partial charge in [0, 0.05) is 0 Å². The van der Waals surface area contributed by atoms with Crippen molar-refractivity contribution in [1.29, 1.82) is 0 Å². The third-order valence-corrected chi connectivity index (χ3v) is 7.80. The molecule has 0 rings (SSSR count). The SMILES string of the molecule is CCCCOP(=O)(CP(=O)(OCC)OCC)OCCCC. The second kappa shape index (κ2) is 11.8. The number of hydrogen-bond donors (Lipinski definition) is 0. The van der Waals surface area contributed by atoms with Crippen LogP contribution in [-0.2, 0) is 27.2 Å². The van der Waals surface area contributed by atoms with E-state index in [0.29, 0.717) is 13.2 Å². The first-order valence-electron chi connectivity index (χ1n) is 7.71. The predicted molar refractivity (Wildman–Crippen MR) is 85.1 cm³/mol. The average Bonchev–Trinajstić information content (AvgIpc) is 2.39. The molecule has 8 heteroatoms. The smallest absolute Gasteiger partial charge is 0.308 e. The fourth-order valence-electron chi connectivity index (χ4n) is 1.54. The lowest BCUT2D eigenvalue weighted by atomic mass is 10.4. The average molecular weight is 344 g/mol. The molecule has 0 amide bonds. The van der Waals surface area contributed by atoms with Crippen molar-refractivity contribution in [2.45, 2.75) is 53.4 Å². The Kier molecular flexibility index (Phi) is 12.0. The molecule has 0 radical (unpaired) electrons. The van der Waals surface area contributed by atoms with Gasteiger partial charge in [-0.05, 0) is 26.7 Å². The van der Waals surface area contributed by atoms with Crippen LogP contribution in [-0.4, -0.2) is 32.3 Å². The Labute approximate surface area is 128 Å². The molecule has 0 saturated carbocycles. The lowest BCUT2D eigenvalue weighted by Crippen LogP contribution is -2.07. The molecule has 0 bridgehead atoms. The first-order valence-corrected chi connectivity index (χ1v) is 11.2. The van der Waals surface area contributed by atoms with Gasteiger partial charge in [0.05, 0.1) is 26.4 Å². The summed E-state index contributed by atoms with van der Waals surface area (Å²) in [5.74, 6) is -0.324. The molecule has 0 N–H and O–H groups in total. The Morgan fingerprint density at radius 2 is 1.05 bits per heavy atom. The molecule has 0 unspecified atom stereocenters. The molecule has 0 fully saturated rings. The minimum atomic E-state index is -3.47. The summed E-state index contributed by atoms with van der Waals surface area (Å²) in [7, 11) is -6.92. The zero-order chi connectivity index (χ0) is 16.2. The molecule has 0 aromatic heterocycles. The maximum atomic E-state index is 12.8. The normalized spacial score (nSPS) is 12.8. The highest BCUT2D eigenvalue weighted by Crippen LogP contribution is 2.64. The fourth-order valence-corrected chi connectivity index (χ4v) is 6.29. The molecule has 21 heavy (non-hydrogen) atoms. The van der Waals surface area contributed by atoms with Gasteiger partial charge in [-0.25, -0.2) is 0 Å². The van der Waals surface area contributed by atoms with Crippen LogP contribution >= 0.6 is 15.2 Å². The van der Waals surface area contributed by atoms with Crippen molar-refractivity contribution in [1.82, 2.24) is 0 Å². The van der Waals surface area contributed by atoms with Gasteiger partial charge in [0.25, 0.3) is 0 Å². The van der Waals surface area contributed by atoms with Gasteiger partial charge >= 0.3 is 15.2 Å². The van der Waals surface area contributed by atoms with Gasteiger partial charge in [-0.2, -0.15) is 0 Å². The summed E-state index contributed by atoms with van der Waals surface area (Å²) < 4.78 is 46.4. The Balaban J connectivity index is 4.82. The summed E-state index contributed by atoms with van der Waals surface area (Å²) in [4.78, 5) is 0. The monoisotopic (exact) mass is 344 g/mol. The zero-order valence-electron chi connectivity index (χ0n) is 13.7. The van der Waals surface area contributed by atoms with E-state index in [-0.39, 0.29) is 19.1 Å². The highest BCUT2D eigenvalue weighted by Gasteiger charge is 2.38. The summed E-state index contributed by atoms with van der Waals surface area (Å²) in [6.07, 6.45) is 3.39. The molecule has 6 nitrogen and oxygen atoms in total. The molecule has 0 aromatic carbocycles. The summed E-state index contributed by atoms with van der Waals surface area (Å²) in [6.45, 7) is 8.53. The van der Waals surface area contributed by atoms with Gasteiger partial charge in [0.2, 0.25) is 0 Å². The minimum absolute atomic E-state index is 0.223. The Bertz CT molecular complexity index is 324. The maximum Gasteiger partial charge on any atom is 0.342 e. The first-order chi connectivity index (χ1) is 9.95. The molecule has 0 atom stereocenters. The van der Waals surface area contributed by atoms with E-state index in [9.17, 15) is 9.13 Å². The standard InChI is InChI=1S/C13H30O6P2/c1-5-9-11-18-21(15,19-12-10-6-2)13-20(14,16-7-3)17-8-4/h5-13H2,1-4H3. The number of unbranched alkanes of at least 4 members (excludes halogenated alkanes) is 2. The third kappa shape index (κ3) is 9.83. The largest absolute Gasteiger partial charge is 0.342 e. The van der Waals surface area contributed by atoms with Crippen LogP contribution in [0.1, 0.15) is 53.4 Å². The maximum absolute atomic E-state index is 12.8. The molecule has 0 spiro atoms. The van der Waals surface area contributed by atoms with Crippen molar-refractivity contribution < 1.29 is 27.2 Å². The molecule has 0 saturated heterocycles. The van der Waals surface area contributed by atoms with Gasteiger partial charge in [0.15, 0.2) is 5.90 Å². The molecular formula is C13H30O6P2. The zero-order valence-corrected chi connectivity index (χ0v) is 15.5. The van der Waals surface area contributed by atoms with E-state index < -0.39 is 15.2 Å². The van der Waals surface area contributed by atoms with Crippen LogP contribution < -0.4 is 0 Å². The topological polar surface area (TPSA) is 71.1 Å². The van der Waals surface area contributed by atoms with Crippen molar-refractivity contribution >= 4 is 15.2 Å². The van der Waals surface area contributed by atoms with Crippen molar-refractivity contribution in [3.05, 3.63) is 0 Å². The Morgan fingerprint density at radius 3 is 1.38 bits per heavy atom. The molecule has 128 valence electrons. The summed E-state index contributed by atoms with van der Waals surface area (Å²) >= 11 is 0. The first kappa shape index (κ1) is 21.3. The second-order valence-electron chi connectivity index (χ2n) is 4.57. The quantitative estimate of drug-likeness (QED) is 0.325. The van der Waals surface area contributed by atoms with E-state index in [0.717, 1.165) is 25.7 Å². The van der Waals surface area contributed by atoms with Gasteiger partial charge in [-0.3, -0.25) is 9.13 Å². The molecule has 0 aromatic rings. The van der Waals surface area contributed by atoms with Crippen LogP contribution in [0.3, 0.4) is 0 Å². The minimum Gasteiger partial charge on any atom is -0.308 e. The van der Waals surface area contributed by atoms with E-state index in [1.54, 1.807) is 13.8 Å². The van der Waals surface area contributed by atoms with E-state index in [4.69, 9.17) is 18.1 Å². The van der Waals surface area contributed by atoms with Crippen molar-refractivity contribution in [3.63, 3.8) is 0 Å². The second-order valence-corrected chi connectivity index (χ2v) is 9.18. The molecule has 0 aliphatic heterocycles. The predicted octanol–water partition coefficient (Wildman–Crippen LogP) is 5.04.